The monoisotopic (exact) mass is 318 g/mol. The molecule has 0 radical (unpaired) electrons. The number of hydrogen-bond acceptors (Lipinski definition) is 5. The molecular weight excluding hydrogens is 288 g/mol. The molecule has 0 rings (SSSR count). The van der Waals surface area contributed by atoms with Gasteiger partial charge in [-0.2, -0.15) is 0 Å². The fourth-order valence-electron chi connectivity index (χ4n) is 1.25. The Morgan fingerprint density at radius 3 is 1.91 bits per heavy atom. The van der Waals surface area contributed by atoms with Gasteiger partial charge in [-0.25, -0.2) is 0 Å². The molecule has 0 saturated carbocycles. The highest BCUT2D eigenvalue weighted by atomic mass is 16.5. The Balaban J connectivity index is 3.40. The Kier molecular flexibility index (Phi) is 10.8. The summed E-state index contributed by atoms with van der Waals surface area (Å²) in [6.45, 7) is 11.1. The summed E-state index contributed by atoms with van der Waals surface area (Å²) in [5.41, 5.74) is -0.328. The summed E-state index contributed by atoms with van der Waals surface area (Å²) in [5.74, 6) is -0.331. The summed E-state index contributed by atoms with van der Waals surface area (Å²) >= 11 is 0. The molecule has 22 heavy (non-hydrogen) atoms. The Morgan fingerprint density at radius 1 is 0.955 bits per heavy atom. The fourth-order valence-corrected chi connectivity index (χ4v) is 1.25. The summed E-state index contributed by atoms with van der Waals surface area (Å²) in [5, 5.41) is 5.37. The van der Waals surface area contributed by atoms with Gasteiger partial charge in [0.2, 0.25) is 11.8 Å². The molecule has 0 aliphatic rings. The molecular formula is C15H30N2O5. The summed E-state index contributed by atoms with van der Waals surface area (Å²) in [6, 6.07) is 0. The second-order valence-corrected chi connectivity index (χ2v) is 6.07. The highest BCUT2D eigenvalue weighted by Crippen LogP contribution is 2.05. The van der Waals surface area contributed by atoms with Crippen molar-refractivity contribution in [3.63, 3.8) is 0 Å². The van der Waals surface area contributed by atoms with Crippen molar-refractivity contribution in [3.8, 4) is 0 Å². The average Bonchev–Trinajstić information content (AvgIpc) is 2.41. The zero-order valence-corrected chi connectivity index (χ0v) is 14.4. The normalized spacial score (nSPS) is 11.5. The van der Waals surface area contributed by atoms with Gasteiger partial charge in [0.15, 0.2) is 0 Å². The van der Waals surface area contributed by atoms with Crippen LogP contribution in [0, 0.1) is 0 Å². The van der Waals surface area contributed by atoms with Crippen molar-refractivity contribution < 1.29 is 23.8 Å². The number of ether oxygens (including phenoxy) is 3. The first-order chi connectivity index (χ1) is 10.2. The lowest BCUT2D eigenvalue weighted by molar-refractivity contribution is -0.130. The van der Waals surface area contributed by atoms with Gasteiger partial charge in [-0.05, 0) is 34.6 Å². The van der Waals surface area contributed by atoms with Crippen LogP contribution in [0.15, 0.2) is 0 Å². The molecule has 0 fully saturated rings. The van der Waals surface area contributed by atoms with Crippen LogP contribution in [0.25, 0.3) is 0 Å². The van der Waals surface area contributed by atoms with Crippen LogP contribution < -0.4 is 10.6 Å². The van der Waals surface area contributed by atoms with E-state index in [1.807, 2.05) is 34.6 Å². The summed E-state index contributed by atoms with van der Waals surface area (Å²) < 4.78 is 15.8. The van der Waals surface area contributed by atoms with Crippen LogP contribution >= 0.6 is 0 Å². The van der Waals surface area contributed by atoms with Gasteiger partial charge in [0, 0.05) is 13.1 Å². The predicted molar refractivity (Wildman–Crippen MR) is 83.6 cm³/mol. The molecule has 0 atom stereocenters. The summed E-state index contributed by atoms with van der Waals surface area (Å²) in [7, 11) is 0. The van der Waals surface area contributed by atoms with Gasteiger partial charge in [-0.15, -0.1) is 0 Å². The van der Waals surface area contributed by atoms with Gasteiger partial charge in [0.05, 0.1) is 24.9 Å². The molecule has 0 spiro atoms. The Hall–Kier alpha value is -1.18. The van der Waals surface area contributed by atoms with Gasteiger partial charge in [-0.1, -0.05) is 0 Å². The van der Waals surface area contributed by atoms with Crippen LogP contribution in [0.4, 0.5) is 0 Å². The van der Waals surface area contributed by atoms with Crippen molar-refractivity contribution in [3.05, 3.63) is 0 Å². The molecule has 2 amide bonds. The van der Waals surface area contributed by atoms with E-state index in [9.17, 15) is 9.59 Å². The van der Waals surface area contributed by atoms with Crippen LogP contribution in [0.3, 0.4) is 0 Å². The number of amides is 2. The van der Waals surface area contributed by atoms with E-state index in [2.05, 4.69) is 10.6 Å². The van der Waals surface area contributed by atoms with Gasteiger partial charge >= 0.3 is 0 Å². The van der Waals surface area contributed by atoms with Crippen LogP contribution in [0.5, 0.6) is 0 Å². The molecule has 2 N–H and O–H groups in total. The molecule has 0 aliphatic heterocycles. The van der Waals surface area contributed by atoms with Crippen LogP contribution in [0.1, 0.15) is 34.6 Å². The third-order valence-electron chi connectivity index (χ3n) is 2.32. The van der Waals surface area contributed by atoms with Crippen LogP contribution in [0.2, 0.25) is 0 Å². The number of rotatable bonds is 11. The third-order valence-corrected chi connectivity index (χ3v) is 2.32. The van der Waals surface area contributed by atoms with E-state index in [0.717, 1.165) is 0 Å². The molecule has 7 nitrogen and oxygen atoms in total. The van der Waals surface area contributed by atoms with Crippen molar-refractivity contribution in [1.29, 1.82) is 0 Å². The van der Waals surface area contributed by atoms with Crippen molar-refractivity contribution in [1.82, 2.24) is 10.6 Å². The lowest BCUT2D eigenvalue weighted by atomic mass is 10.2. The molecule has 130 valence electrons. The lowest BCUT2D eigenvalue weighted by Crippen LogP contribution is -2.35. The molecule has 0 aliphatic carbocycles. The lowest BCUT2D eigenvalue weighted by Gasteiger charge is -2.18. The Morgan fingerprint density at radius 2 is 1.45 bits per heavy atom. The van der Waals surface area contributed by atoms with Crippen LogP contribution in [-0.4, -0.2) is 63.0 Å². The van der Waals surface area contributed by atoms with Crippen LogP contribution in [-0.2, 0) is 23.8 Å². The summed E-state index contributed by atoms with van der Waals surface area (Å²) in [4.78, 5) is 22.7. The van der Waals surface area contributed by atoms with Gasteiger partial charge in [0.25, 0.3) is 0 Å². The first kappa shape index (κ1) is 20.8. The van der Waals surface area contributed by atoms with E-state index in [1.165, 1.54) is 0 Å². The molecule has 0 unspecified atom stereocenters. The third kappa shape index (κ3) is 15.2. The maximum absolute atomic E-state index is 11.4. The quantitative estimate of drug-likeness (QED) is 0.541. The molecule has 7 heteroatoms. The van der Waals surface area contributed by atoms with Gasteiger partial charge < -0.3 is 24.8 Å². The number of carbonyl (C=O) groups is 2. The average molecular weight is 318 g/mol. The van der Waals surface area contributed by atoms with Crippen molar-refractivity contribution in [2.75, 3.05) is 39.5 Å². The minimum atomic E-state index is -0.328. The first-order valence-corrected chi connectivity index (χ1v) is 7.57. The molecule has 0 aromatic carbocycles. The minimum absolute atomic E-state index is 0.0351. The van der Waals surface area contributed by atoms with E-state index in [0.29, 0.717) is 26.3 Å². The van der Waals surface area contributed by atoms with E-state index < -0.39 is 0 Å². The van der Waals surface area contributed by atoms with Gasteiger partial charge in [-0.3, -0.25) is 9.59 Å². The highest BCUT2D eigenvalue weighted by Gasteiger charge is 2.12. The topological polar surface area (TPSA) is 85.9 Å². The maximum Gasteiger partial charge on any atom is 0.246 e. The van der Waals surface area contributed by atoms with E-state index in [1.54, 1.807) is 0 Å². The maximum atomic E-state index is 11.4. The highest BCUT2D eigenvalue weighted by molar-refractivity contribution is 5.77. The zero-order valence-electron chi connectivity index (χ0n) is 14.4. The molecule has 0 heterocycles. The number of carbonyl (C=O) groups excluding carboxylic acids is 2. The second-order valence-electron chi connectivity index (χ2n) is 6.07. The molecule has 0 saturated heterocycles. The van der Waals surface area contributed by atoms with Crippen molar-refractivity contribution in [2.24, 2.45) is 0 Å². The Bertz CT molecular complexity index is 326. The molecule has 0 bridgehead atoms. The largest absolute Gasteiger partial charge is 0.378 e. The number of nitrogens with one attached hydrogen (secondary N) is 2. The fraction of sp³-hybridized carbons (Fsp3) is 0.867. The second kappa shape index (κ2) is 11.4. The standard InChI is InChI=1S/C15H30N2O5/c1-12(2)21-10-13(18)16-6-8-20-9-7-17-14(19)11-22-15(3,4)5/h12H,6-11H2,1-5H3,(H,16,18)(H,17,19). The van der Waals surface area contributed by atoms with Crippen molar-refractivity contribution in [2.45, 2.75) is 46.3 Å². The smallest absolute Gasteiger partial charge is 0.246 e. The molecule has 0 aromatic heterocycles. The summed E-state index contributed by atoms with van der Waals surface area (Å²) in [6.07, 6.45) is 0.0351. The number of hydrogen-bond donors (Lipinski definition) is 2. The zero-order chi connectivity index (χ0) is 17.0. The van der Waals surface area contributed by atoms with Gasteiger partial charge in [0.1, 0.15) is 13.2 Å². The van der Waals surface area contributed by atoms with Crippen molar-refractivity contribution >= 4 is 11.8 Å². The SMILES string of the molecule is CC(C)OCC(=O)NCCOCCNC(=O)COC(C)(C)C. The minimum Gasteiger partial charge on any atom is -0.378 e. The molecule has 0 aromatic rings. The van der Waals surface area contributed by atoms with E-state index in [-0.39, 0.29) is 36.7 Å². The predicted octanol–water partition coefficient (Wildman–Crippen LogP) is 0.476. The van der Waals surface area contributed by atoms with E-state index in [4.69, 9.17) is 14.2 Å². The first-order valence-electron chi connectivity index (χ1n) is 7.57. The Labute approximate surface area is 133 Å². The van der Waals surface area contributed by atoms with E-state index >= 15 is 0 Å².